The molecule has 2 aromatic carbocycles. The minimum Gasteiger partial charge on any atom is -0.385 e. The topological polar surface area (TPSA) is 112 Å². The van der Waals surface area contributed by atoms with Crippen molar-refractivity contribution in [2.45, 2.75) is 12.5 Å². The molecule has 0 bridgehead atoms. The smallest absolute Gasteiger partial charge is 0.244 e. The van der Waals surface area contributed by atoms with Gasteiger partial charge in [-0.3, -0.25) is 19.2 Å². The van der Waals surface area contributed by atoms with Crippen LogP contribution >= 0.6 is 23.2 Å². The van der Waals surface area contributed by atoms with Gasteiger partial charge in [-0.15, -0.1) is 10.2 Å². The molecule has 14 heteroatoms. The number of amides is 1. The lowest BCUT2D eigenvalue weighted by Gasteiger charge is -2.38. The lowest BCUT2D eigenvalue weighted by atomic mass is 10.1. The summed E-state index contributed by atoms with van der Waals surface area (Å²) in [6, 6.07) is 10.1. The molecule has 0 spiro atoms. The molecule has 37 heavy (non-hydrogen) atoms. The number of fused-ring (bicyclic) bond motifs is 1. The van der Waals surface area contributed by atoms with Crippen LogP contribution in [0.3, 0.4) is 0 Å². The van der Waals surface area contributed by atoms with Crippen molar-refractivity contribution in [1.29, 1.82) is 0 Å². The number of carbonyl (C=O) groups is 1. The van der Waals surface area contributed by atoms with Gasteiger partial charge in [-0.2, -0.15) is 5.10 Å². The molecule has 1 amide bonds. The fourth-order valence-electron chi connectivity index (χ4n) is 3.99. The number of anilines is 2. The maximum absolute atomic E-state index is 13.3. The largest absolute Gasteiger partial charge is 0.385 e. The average Bonchev–Trinajstić information content (AvgIpc) is 3.48. The van der Waals surface area contributed by atoms with Crippen molar-refractivity contribution in [1.82, 2.24) is 29.8 Å². The second kappa shape index (κ2) is 11.0. The van der Waals surface area contributed by atoms with Crippen molar-refractivity contribution in [2.75, 3.05) is 37.6 Å². The Morgan fingerprint density at radius 2 is 2.00 bits per heavy atom. The Balaban J connectivity index is 1.30. The van der Waals surface area contributed by atoms with Crippen LogP contribution in [0.4, 0.5) is 11.4 Å². The molecule has 4 aromatic rings. The van der Waals surface area contributed by atoms with E-state index in [2.05, 4.69) is 20.7 Å². The third kappa shape index (κ3) is 5.69. The predicted octanol–water partition coefficient (Wildman–Crippen LogP) is 3.40. The monoisotopic (exact) mass is 546 g/mol. The number of nitrogens with one attached hydrogen (secondary N) is 1. The molecule has 1 aliphatic heterocycles. The molecule has 1 saturated heterocycles. The van der Waals surface area contributed by atoms with Gasteiger partial charge in [0, 0.05) is 43.1 Å². The van der Waals surface area contributed by atoms with Crippen LogP contribution in [0.15, 0.2) is 48.8 Å². The number of halogens is 2. The summed E-state index contributed by atoms with van der Waals surface area (Å²) in [6.45, 7) is 0.330. The number of benzene rings is 2. The molecule has 0 radical (unpaired) electrons. The molecule has 1 aliphatic rings. The summed E-state index contributed by atoms with van der Waals surface area (Å²) in [4.78, 5) is 25.2. The number of rotatable bonds is 8. The molecular formula is C23H24Cl2N8O4. The van der Waals surface area contributed by atoms with Crippen LogP contribution in [0.25, 0.3) is 16.6 Å². The Kier molecular flexibility index (Phi) is 7.55. The number of methoxy groups -OCH3 is 1. The molecule has 0 aliphatic carbocycles. The molecule has 12 nitrogen and oxygen atoms in total. The fourth-order valence-corrected chi connectivity index (χ4v) is 4.28. The number of aromatic nitrogens is 5. The van der Waals surface area contributed by atoms with Crippen molar-refractivity contribution < 1.29 is 19.2 Å². The van der Waals surface area contributed by atoms with E-state index in [1.54, 1.807) is 36.2 Å². The Morgan fingerprint density at radius 1 is 1.14 bits per heavy atom. The van der Waals surface area contributed by atoms with Crippen molar-refractivity contribution in [3.63, 3.8) is 0 Å². The summed E-state index contributed by atoms with van der Waals surface area (Å²) in [6.07, 6.45) is 3.85. The zero-order chi connectivity index (χ0) is 25.9. The summed E-state index contributed by atoms with van der Waals surface area (Å²) in [7, 11) is 3.43. The van der Waals surface area contributed by atoms with E-state index in [9.17, 15) is 4.79 Å². The van der Waals surface area contributed by atoms with Crippen LogP contribution in [-0.4, -0.2) is 69.0 Å². The van der Waals surface area contributed by atoms with Gasteiger partial charge in [0.05, 0.1) is 23.1 Å². The lowest BCUT2D eigenvalue weighted by Crippen LogP contribution is -2.52. The highest BCUT2D eigenvalue weighted by Gasteiger charge is 2.32. The highest BCUT2D eigenvalue weighted by molar-refractivity contribution is 6.31. The Labute approximate surface area is 222 Å². The van der Waals surface area contributed by atoms with E-state index in [-0.39, 0.29) is 24.5 Å². The standard InChI is InChI=1S/C23H24Cl2N8O4/c1-30-11-15-9-17(4-5-18(15)28-30)26-23(34)20(7-8-35-2)32-13-37-33(14-36-32)21-10-16(24)3-6-19(21)31-12-22(25)27-29-31/h3-6,9-12,20H,7-8,13-14H2,1-2H3,(H,26,34)/t20-/m1/s1. The van der Waals surface area contributed by atoms with Crippen molar-refractivity contribution >= 4 is 51.4 Å². The lowest BCUT2D eigenvalue weighted by molar-refractivity contribution is -0.280. The predicted molar refractivity (Wildman–Crippen MR) is 137 cm³/mol. The van der Waals surface area contributed by atoms with E-state index in [1.165, 1.54) is 14.8 Å². The van der Waals surface area contributed by atoms with Gasteiger partial charge in [-0.25, -0.2) is 9.75 Å². The van der Waals surface area contributed by atoms with Gasteiger partial charge in [0.1, 0.15) is 6.04 Å². The van der Waals surface area contributed by atoms with E-state index in [4.69, 9.17) is 37.6 Å². The summed E-state index contributed by atoms with van der Waals surface area (Å²) in [5, 5.41) is 19.8. The van der Waals surface area contributed by atoms with Crippen LogP contribution in [0.2, 0.25) is 10.2 Å². The van der Waals surface area contributed by atoms with Gasteiger partial charge in [0.2, 0.25) is 5.91 Å². The third-order valence-electron chi connectivity index (χ3n) is 5.73. The average molecular weight is 547 g/mol. The Hall–Kier alpha value is -3.26. The molecule has 1 N–H and O–H groups in total. The minimum absolute atomic E-state index is 0.00578. The highest BCUT2D eigenvalue weighted by Crippen LogP contribution is 2.30. The number of ether oxygens (including phenoxy) is 1. The molecule has 5 rings (SSSR count). The van der Waals surface area contributed by atoms with Crippen LogP contribution < -0.4 is 10.4 Å². The molecular weight excluding hydrogens is 523 g/mol. The SMILES string of the molecule is COCC[C@H](C(=O)Nc1ccc2nn(C)cc2c1)N1CON(c2cc(Cl)ccc2-n2cc(Cl)nn2)CO1. The van der Waals surface area contributed by atoms with Crippen LogP contribution in [0.1, 0.15) is 6.42 Å². The van der Waals surface area contributed by atoms with Crippen LogP contribution in [0, 0.1) is 0 Å². The van der Waals surface area contributed by atoms with Gasteiger partial charge in [0.15, 0.2) is 18.6 Å². The second-order valence-electron chi connectivity index (χ2n) is 8.29. The number of carbonyl (C=O) groups excluding carboxylic acids is 1. The molecule has 1 atom stereocenters. The number of hydroxylamine groups is 3. The summed E-state index contributed by atoms with van der Waals surface area (Å²) < 4.78 is 8.47. The molecule has 194 valence electrons. The molecule has 0 unspecified atom stereocenters. The third-order valence-corrected chi connectivity index (χ3v) is 6.14. The highest BCUT2D eigenvalue weighted by atomic mass is 35.5. The quantitative estimate of drug-likeness (QED) is 0.355. The number of nitrogens with zero attached hydrogens (tertiary/aromatic N) is 7. The van der Waals surface area contributed by atoms with Gasteiger partial charge >= 0.3 is 0 Å². The normalized spacial score (nSPS) is 15.3. The van der Waals surface area contributed by atoms with Gasteiger partial charge in [0.25, 0.3) is 0 Å². The summed E-state index contributed by atoms with van der Waals surface area (Å²) in [5.74, 6) is -0.252. The summed E-state index contributed by atoms with van der Waals surface area (Å²) >= 11 is 12.2. The van der Waals surface area contributed by atoms with Gasteiger partial charge in [-0.05, 0) is 42.8 Å². The first kappa shape index (κ1) is 25.4. The van der Waals surface area contributed by atoms with Crippen molar-refractivity contribution in [3.8, 4) is 5.69 Å². The maximum atomic E-state index is 13.3. The van der Waals surface area contributed by atoms with Crippen molar-refractivity contribution in [2.24, 2.45) is 7.05 Å². The molecule has 0 saturated carbocycles. The number of aryl methyl sites for hydroxylation is 1. The summed E-state index contributed by atoms with van der Waals surface area (Å²) in [5.41, 5.74) is 2.73. The zero-order valence-electron chi connectivity index (χ0n) is 20.0. The molecule has 3 heterocycles. The zero-order valence-corrected chi connectivity index (χ0v) is 21.6. The number of hydrogen-bond donors (Lipinski definition) is 1. The first-order valence-electron chi connectivity index (χ1n) is 11.3. The van der Waals surface area contributed by atoms with Gasteiger partial charge < -0.3 is 10.1 Å². The van der Waals surface area contributed by atoms with Crippen molar-refractivity contribution in [3.05, 3.63) is 59.0 Å². The molecule has 1 fully saturated rings. The number of hydrogen-bond acceptors (Lipinski definition) is 9. The minimum atomic E-state index is -0.667. The van der Waals surface area contributed by atoms with Crippen LogP contribution in [0.5, 0.6) is 0 Å². The van der Waals surface area contributed by atoms with E-state index in [1.807, 2.05) is 31.4 Å². The van der Waals surface area contributed by atoms with Crippen LogP contribution in [-0.2, 0) is 26.3 Å². The first-order chi connectivity index (χ1) is 17.9. The first-order valence-corrected chi connectivity index (χ1v) is 12.1. The fraction of sp³-hybridized carbons (Fsp3) is 0.304. The van der Waals surface area contributed by atoms with E-state index in [0.717, 1.165) is 10.9 Å². The second-order valence-corrected chi connectivity index (χ2v) is 9.12. The maximum Gasteiger partial charge on any atom is 0.244 e. The Bertz CT molecular complexity index is 1400. The van der Waals surface area contributed by atoms with Gasteiger partial charge in [-0.1, -0.05) is 28.4 Å². The van der Waals surface area contributed by atoms with E-state index >= 15 is 0 Å². The molecule has 2 aromatic heterocycles. The Morgan fingerprint density at radius 3 is 2.73 bits per heavy atom. The van der Waals surface area contributed by atoms with E-state index < -0.39 is 6.04 Å². The van der Waals surface area contributed by atoms with E-state index in [0.29, 0.717) is 35.1 Å².